The van der Waals surface area contributed by atoms with E-state index in [9.17, 15) is 5.11 Å². The lowest BCUT2D eigenvalue weighted by molar-refractivity contribution is 0.268. The Balaban J connectivity index is 2.05. The monoisotopic (exact) mass is 258 g/mol. The summed E-state index contributed by atoms with van der Waals surface area (Å²) in [6, 6.07) is 7.84. The minimum absolute atomic E-state index is 0.0361. The van der Waals surface area contributed by atoms with Gasteiger partial charge in [0.05, 0.1) is 25.1 Å². The number of fused-ring (bicyclic) bond motifs is 1. The van der Waals surface area contributed by atoms with Gasteiger partial charge in [-0.3, -0.25) is 0 Å². The average Bonchev–Trinajstić information content (AvgIpc) is 2.85. The number of nitrogens with zero attached hydrogens (tertiary/aromatic N) is 2. The largest absolute Gasteiger partial charge is 0.497 e. The molecule has 0 aliphatic carbocycles. The summed E-state index contributed by atoms with van der Waals surface area (Å²) in [6.07, 6.45) is 3.35. The lowest BCUT2D eigenvalue weighted by Crippen LogP contribution is -2.12. The van der Waals surface area contributed by atoms with Crippen LogP contribution in [0.1, 0.15) is 24.4 Å². The molecule has 0 fully saturated rings. The third kappa shape index (κ3) is 2.12. The predicted octanol–water partition coefficient (Wildman–Crippen LogP) is 2.39. The van der Waals surface area contributed by atoms with E-state index in [-0.39, 0.29) is 6.61 Å². The topological polar surface area (TPSA) is 47.3 Å². The Morgan fingerprint density at radius 3 is 2.74 bits per heavy atom. The van der Waals surface area contributed by atoms with Crippen LogP contribution in [0.3, 0.4) is 0 Å². The zero-order chi connectivity index (χ0) is 13.2. The third-order valence-electron chi connectivity index (χ3n) is 3.70. The molecule has 0 spiro atoms. The summed E-state index contributed by atoms with van der Waals surface area (Å²) in [4.78, 5) is 4.71. The van der Waals surface area contributed by atoms with Crippen molar-refractivity contribution in [3.8, 4) is 17.0 Å². The number of aromatic nitrogens is 2. The van der Waals surface area contributed by atoms with E-state index in [2.05, 4.69) is 4.57 Å². The lowest BCUT2D eigenvalue weighted by atomic mass is 10.1. The molecule has 0 saturated carbocycles. The molecule has 0 radical (unpaired) electrons. The van der Waals surface area contributed by atoms with Crippen molar-refractivity contribution in [1.82, 2.24) is 9.55 Å². The highest BCUT2D eigenvalue weighted by Gasteiger charge is 2.19. The molecule has 2 heterocycles. The summed E-state index contributed by atoms with van der Waals surface area (Å²) in [5, 5.41) is 9.64. The normalized spacial score (nSPS) is 14.2. The summed E-state index contributed by atoms with van der Waals surface area (Å²) < 4.78 is 7.34. The molecule has 1 aromatic carbocycles. The maximum absolute atomic E-state index is 9.64. The summed E-state index contributed by atoms with van der Waals surface area (Å²) in [7, 11) is 1.66. The second-order valence-corrected chi connectivity index (χ2v) is 4.82. The fourth-order valence-electron chi connectivity index (χ4n) is 2.69. The highest BCUT2D eigenvalue weighted by Crippen LogP contribution is 2.28. The first-order valence-corrected chi connectivity index (χ1v) is 6.67. The Morgan fingerprint density at radius 2 is 2.05 bits per heavy atom. The summed E-state index contributed by atoms with van der Waals surface area (Å²) in [5.74, 6) is 1.93. The summed E-state index contributed by atoms with van der Waals surface area (Å²) in [5.41, 5.74) is 2.87. The summed E-state index contributed by atoms with van der Waals surface area (Å²) in [6.45, 7) is 1.00. The SMILES string of the molecule is COc1ccc(-c2nc3n(c2CO)CCCC3)cc1. The van der Waals surface area contributed by atoms with Gasteiger partial charge in [0.25, 0.3) is 0 Å². The molecule has 0 atom stereocenters. The quantitative estimate of drug-likeness (QED) is 0.919. The van der Waals surface area contributed by atoms with Crippen molar-refractivity contribution >= 4 is 0 Å². The number of imidazole rings is 1. The van der Waals surface area contributed by atoms with Crippen LogP contribution in [0, 0.1) is 0 Å². The molecule has 100 valence electrons. The predicted molar refractivity (Wildman–Crippen MR) is 73.1 cm³/mol. The maximum Gasteiger partial charge on any atom is 0.118 e. The molecule has 19 heavy (non-hydrogen) atoms. The van der Waals surface area contributed by atoms with Gasteiger partial charge in [-0.1, -0.05) is 0 Å². The molecule has 4 heteroatoms. The second-order valence-electron chi connectivity index (χ2n) is 4.82. The van der Waals surface area contributed by atoms with Crippen LogP contribution in [0.15, 0.2) is 24.3 Å². The zero-order valence-electron chi connectivity index (χ0n) is 11.1. The number of benzene rings is 1. The van der Waals surface area contributed by atoms with Crippen LogP contribution in [-0.4, -0.2) is 21.8 Å². The Kier molecular flexibility index (Phi) is 3.25. The van der Waals surface area contributed by atoms with Gasteiger partial charge < -0.3 is 14.4 Å². The molecule has 0 amide bonds. The Bertz CT molecular complexity index is 573. The van der Waals surface area contributed by atoms with Crippen molar-refractivity contribution in [2.75, 3.05) is 7.11 Å². The van der Waals surface area contributed by atoms with E-state index < -0.39 is 0 Å². The molecule has 3 rings (SSSR count). The number of rotatable bonds is 3. The van der Waals surface area contributed by atoms with Gasteiger partial charge in [-0.05, 0) is 37.1 Å². The molecule has 1 aliphatic rings. The van der Waals surface area contributed by atoms with Gasteiger partial charge in [0, 0.05) is 18.5 Å². The van der Waals surface area contributed by atoms with Crippen LogP contribution in [-0.2, 0) is 19.6 Å². The number of aryl methyl sites for hydroxylation is 1. The maximum atomic E-state index is 9.64. The van der Waals surface area contributed by atoms with E-state index in [0.29, 0.717) is 0 Å². The van der Waals surface area contributed by atoms with Crippen LogP contribution in [0.4, 0.5) is 0 Å². The molecular formula is C15H18N2O2. The molecule has 1 N–H and O–H groups in total. The van der Waals surface area contributed by atoms with E-state index in [1.165, 1.54) is 12.8 Å². The fourth-order valence-corrected chi connectivity index (χ4v) is 2.69. The van der Waals surface area contributed by atoms with E-state index in [1.807, 2.05) is 24.3 Å². The van der Waals surface area contributed by atoms with Gasteiger partial charge in [-0.2, -0.15) is 0 Å². The average molecular weight is 258 g/mol. The molecule has 4 nitrogen and oxygen atoms in total. The van der Waals surface area contributed by atoms with E-state index in [0.717, 1.165) is 41.5 Å². The minimum atomic E-state index is 0.0361. The van der Waals surface area contributed by atoms with E-state index >= 15 is 0 Å². The van der Waals surface area contributed by atoms with Crippen LogP contribution in [0.2, 0.25) is 0 Å². The second kappa shape index (κ2) is 5.05. The van der Waals surface area contributed by atoms with Crippen LogP contribution >= 0.6 is 0 Å². The van der Waals surface area contributed by atoms with Gasteiger partial charge in [0.1, 0.15) is 11.6 Å². The molecule has 0 bridgehead atoms. The molecule has 0 saturated heterocycles. The fraction of sp³-hybridized carbons (Fsp3) is 0.400. The van der Waals surface area contributed by atoms with Crippen molar-refractivity contribution in [3.05, 3.63) is 35.8 Å². The third-order valence-corrected chi connectivity index (χ3v) is 3.70. The number of aliphatic hydroxyl groups is 1. The van der Waals surface area contributed by atoms with Gasteiger partial charge in [-0.15, -0.1) is 0 Å². The Hall–Kier alpha value is -1.81. The smallest absolute Gasteiger partial charge is 0.118 e. The van der Waals surface area contributed by atoms with Crippen LogP contribution in [0.5, 0.6) is 5.75 Å². The van der Waals surface area contributed by atoms with Crippen molar-refractivity contribution in [1.29, 1.82) is 0 Å². The molecular weight excluding hydrogens is 240 g/mol. The van der Waals surface area contributed by atoms with E-state index in [1.54, 1.807) is 7.11 Å². The first-order chi connectivity index (χ1) is 9.33. The summed E-state index contributed by atoms with van der Waals surface area (Å²) >= 11 is 0. The first-order valence-electron chi connectivity index (χ1n) is 6.67. The number of hydrogen-bond donors (Lipinski definition) is 1. The number of methoxy groups -OCH3 is 1. The number of hydrogen-bond acceptors (Lipinski definition) is 3. The van der Waals surface area contributed by atoms with E-state index in [4.69, 9.17) is 9.72 Å². The highest BCUT2D eigenvalue weighted by molar-refractivity contribution is 5.63. The molecule has 1 aliphatic heterocycles. The van der Waals surface area contributed by atoms with Crippen molar-refractivity contribution in [3.63, 3.8) is 0 Å². The standard InChI is InChI=1S/C15H18N2O2/c1-19-12-7-5-11(6-8-12)15-13(10-18)17-9-3-2-4-14(17)16-15/h5-8,18H,2-4,9-10H2,1H3. The van der Waals surface area contributed by atoms with Gasteiger partial charge in [0.15, 0.2) is 0 Å². The minimum Gasteiger partial charge on any atom is -0.497 e. The number of aliphatic hydroxyl groups excluding tert-OH is 1. The Morgan fingerprint density at radius 1 is 1.26 bits per heavy atom. The molecule has 2 aromatic rings. The molecule has 0 unspecified atom stereocenters. The van der Waals surface area contributed by atoms with Crippen molar-refractivity contribution in [2.24, 2.45) is 0 Å². The number of ether oxygens (including phenoxy) is 1. The molecule has 1 aromatic heterocycles. The lowest BCUT2D eigenvalue weighted by Gasteiger charge is -2.15. The van der Waals surface area contributed by atoms with Crippen LogP contribution in [0.25, 0.3) is 11.3 Å². The van der Waals surface area contributed by atoms with Crippen molar-refractivity contribution < 1.29 is 9.84 Å². The Labute approximate surface area is 112 Å². The zero-order valence-corrected chi connectivity index (χ0v) is 11.1. The van der Waals surface area contributed by atoms with Crippen LogP contribution < -0.4 is 4.74 Å². The van der Waals surface area contributed by atoms with Gasteiger partial charge >= 0.3 is 0 Å². The van der Waals surface area contributed by atoms with Crippen molar-refractivity contribution in [2.45, 2.75) is 32.4 Å². The van der Waals surface area contributed by atoms with Gasteiger partial charge in [-0.25, -0.2) is 4.98 Å². The van der Waals surface area contributed by atoms with Gasteiger partial charge in [0.2, 0.25) is 0 Å². The first kappa shape index (κ1) is 12.2. The highest BCUT2D eigenvalue weighted by atomic mass is 16.5.